The van der Waals surface area contributed by atoms with E-state index in [1.165, 1.54) is 0 Å². The first-order valence-electron chi connectivity index (χ1n) is 5.35. The molecule has 0 heterocycles. The Morgan fingerprint density at radius 2 is 1.47 bits per heavy atom. The number of rotatable bonds is 3. The Morgan fingerprint density at radius 1 is 0.947 bits per heavy atom. The van der Waals surface area contributed by atoms with Gasteiger partial charge >= 0.3 is 0 Å². The molecule has 0 fully saturated rings. The van der Waals surface area contributed by atoms with Crippen LogP contribution in [0.25, 0.3) is 0 Å². The Labute approximate surface area is 125 Å². The lowest BCUT2D eigenvalue weighted by molar-refractivity contribution is 0.478. The molecule has 19 heavy (non-hydrogen) atoms. The van der Waals surface area contributed by atoms with Gasteiger partial charge in [0.25, 0.3) is 0 Å². The number of aryl methyl sites for hydroxylation is 1. The lowest BCUT2D eigenvalue weighted by atomic mass is 10.2. The molecule has 0 aromatic heterocycles. The summed E-state index contributed by atoms with van der Waals surface area (Å²) < 4.78 is 5.78. The third-order valence-electron chi connectivity index (χ3n) is 2.49. The highest BCUT2D eigenvalue weighted by Gasteiger charge is 2.07. The molecule has 3 nitrogen and oxygen atoms in total. The van der Waals surface area contributed by atoms with Crippen LogP contribution in [0.15, 0.2) is 48.5 Å². The summed E-state index contributed by atoms with van der Waals surface area (Å²) in [7, 11) is 0. The Hall–Kier alpha value is -1.71. The van der Waals surface area contributed by atoms with Gasteiger partial charge in [-0.25, -0.2) is 0 Å². The van der Waals surface area contributed by atoms with E-state index in [0.29, 0.717) is 11.3 Å². The molecule has 2 aromatic carbocycles. The van der Waals surface area contributed by atoms with E-state index in [9.17, 15) is 0 Å². The zero-order valence-corrected chi connectivity index (χ0v) is 12.1. The summed E-state index contributed by atoms with van der Waals surface area (Å²) in [5.41, 5.74) is 7.16. The fraction of sp³-hybridized carbons (Fsp3) is 0.0714. The molecule has 0 bridgehead atoms. The van der Waals surface area contributed by atoms with Gasteiger partial charge in [0.05, 0.1) is 5.56 Å². The van der Waals surface area contributed by atoms with Gasteiger partial charge in [0.15, 0.2) is 0 Å². The van der Waals surface area contributed by atoms with Gasteiger partial charge in [-0.2, -0.15) is 0 Å². The fourth-order valence-corrected chi connectivity index (χ4v) is 1.57. The van der Waals surface area contributed by atoms with E-state index in [-0.39, 0.29) is 30.6 Å². The summed E-state index contributed by atoms with van der Waals surface area (Å²) in [6.07, 6.45) is 0. The number of nitrogen functional groups attached to an aromatic ring is 1. The number of para-hydroxylation sites is 2. The molecule has 102 valence electrons. The van der Waals surface area contributed by atoms with Crippen LogP contribution in [0.3, 0.4) is 0 Å². The molecule has 0 saturated heterocycles. The number of benzene rings is 2. The van der Waals surface area contributed by atoms with E-state index in [2.05, 4.69) is 0 Å². The largest absolute Gasteiger partial charge is 0.456 e. The minimum atomic E-state index is 0. The Bertz CT molecular complexity index is 559. The lowest BCUT2D eigenvalue weighted by Gasteiger charge is -2.11. The molecule has 0 spiro atoms. The smallest absolute Gasteiger partial charge is 0.138 e. The highest BCUT2D eigenvalue weighted by Crippen LogP contribution is 2.27. The molecule has 2 aromatic rings. The van der Waals surface area contributed by atoms with Crippen molar-refractivity contribution in [3.8, 4) is 11.5 Å². The van der Waals surface area contributed by atoms with Crippen LogP contribution in [0.4, 0.5) is 0 Å². The van der Waals surface area contributed by atoms with Crippen LogP contribution in [-0.4, -0.2) is 5.84 Å². The molecule has 0 aliphatic heterocycles. The molecule has 0 saturated carbocycles. The zero-order valence-electron chi connectivity index (χ0n) is 10.4. The second-order valence-corrected chi connectivity index (χ2v) is 3.78. The maximum absolute atomic E-state index is 7.49. The topological polar surface area (TPSA) is 59.1 Å². The quantitative estimate of drug-likeness (QED) is 0.666. The van der Waals surface area contributed by atoms with Gasteiger partial charge in [0.2, 0.25) is 0 Å². The van der Waals surface area contributed by atoms with Crippen molar-refractivity contribution in [1.29, 1.82) is 5.41 Å². The fourth-order valence-electron chi connectivity index (χ4n) is 1.57. The normalized spacial score (nSPS) is 8.89. The average molecular weight is 299 g/mol. The van der Waals surface area contributed by atoms with Gasteiger partial charge in [-0.15, -0.1) is 24.8 Å². The number of nitrogens with two attached hydrogens (primary N) is 1. The number of nitrogens with one attached hydrogen (secondary N) is 1. The predicted octanol–water partition coefficient (Wildman–Crippen LogP) is 3.91. The molecule has 0 aliphatic carbocycles. The Kier molecular flexibility index (Phi) is 6.98. The van der Waals surface area contributed by atoms with Crippen molar-refractivity contribution in [2.24, 2.45) is 5.73 Å². The highest BCUT2D eigenvalue weighted by atomic mass is 35.5. The van der Waals surface area contributed by atoms with E-state index in [0.717, 1.165) is 11.3 Å². The molecule has 0 unspecified atom stereocenters. The van der Waals surface area contributed by atoms with Gasteiger partial charge in [-0.1, -0.05) is 30.3 Å². The minimum Gasteiger partial charge on any atom is -0.456 e. The number of hydrogen-bond acceptors (Lipinski definition) is 2. The highest BCUT2D eigenvalue weighted by molar-refractivity contribution is 5.97. The molecular weight excluding hydrogens is 283 g/mol. The predicted molar refractivity (Wildman–Crippen MR) is 83.2 cm³/mol. The standard InChI is InChI=1S/C14H14N2O.2ClH/c1-10-6-2-4-8-12(10)17-13-9-5-3-7-11(13)14(15)16;;/h2-9H,1H3,(H3,15,16);2*1H. The number of hydrogen-bond donors (Lipinski definition) is 2. The summed E-state index contributed by atoms with van der Waals surface area (Å²) in [4.78, 5) is 0. The summed E-state index contributed by atoms with van der Waals surface area (Å²) in [6, 6.07) is 15.0. The maximum Gasteiger partial charge on any atom is 0.138 e. The van der Waals surface area contributed by atoms with Crippen LogP contribution in [0, 0.1) is 12.3 Å². The van der Waals surface area contributed by atoms with Gasteiger partial charge in [0.1, 0.15) is 17.3 Å². The molecule has 0 atom stereocenters. The van der Waals surface area contributed by atoms with E-state index in [4.69, 9.17) is 15.9 Å². The number of amidine groups is 1. The summed E-state index contributed by atoms with van der Waals surface area (Å²) in [5, 5.41) is 7.49. The Balaban J connectivity index is 0.00000162. The lowest BCUT2D eigenvalue weighted by Crippen LogP contribution is -2.12. The molecule has 0 aliphatic rings. The van der Waals surface area contributed by atoms with E-state index in [1.807, 2.05) is 49.4 Å². The molecule has 3 N–H and O–H groups in total. The van der Waals surface area contributed by atoms with Gasteiger partial charge in [0, 0.05) is 0 Å². The Morgan fingerprint density at radius 3 is 2.05 bits per heavy atom. The summed E-state index contributed by atoms with van der Waals surface area (Å²) in [5.74, 6) is 1.39. The van der Waals surface area contributed by atoms with Crippen molar-refractivity contribution in [3.05, 3.63) is 59.7 Å². The van der Waals surface area contributed by atoms with Gasteiger partial charge in [-0.3, -0.25) is 5.41 Å². The monoisotopic (exact) mass is 298 g/mol. The SMILES string of the molecule is Cc1ccccc1Oc1ccccc1C(=N)N.Cl.Cl. The first kappa shape index (κ1) is 17.3. The first-order chi connectivity index (χ1) is 8.18. The van der Waals surface area contributed by atoms with Crippen molar-refractivity contribution in [2.45, 2.75) is 6.92 Å². The van der Waals surface area contributed by atoms with Crippen LogP contribution < -0.4 is 10.5 Å². The second kappa shape index (κ2) is 7.67. The van der Waals surface area contributed by atoms with Crippen molar-refractivity contribution < 1.29 is 4.74 Å². The third-order valence-corrected chi connectivity index (χ3v) is 2.49. The number of halogens is 2. The van der Waals surface area contributed by atoms with E-state index in [1.54, 1.807) is 6.07 Å². The maximum atomic E-state index is 7.49. The van der Waals surface area contributed by atoms with Crippen LogP contribution in [0.2, 0.25) is 0 Å². The van der Waals surface area contributed by atoms with E-state index >= 15 is 0 Å². The average Bonchev–Trinajstić information content (AvgIpc) is 2.32. The molecule has 5 heteroatoms. The van der Waals surface area contributed by atoms with Crippen molar-refractivity contribution in [3.63, 3.8) is 0 Å². The van der Waals surface area contributed by atoms with Crippen LogP contribution in [0.1, 0.15) is 11.1 Å². The van der Waals surface area contributed by atoms with Crippen molar-refractivity contribution in [1.82, 2.24) is 0 Å². The van der Waals surface area contributed by atoms with Gasteiger partial charge in [-0.05, 0) is 30.7 Å². The molecule has 0 amide bonds. The van der Waals surface area contributed by atoms with Gasteiger partial charge < -0.3 is 10.5 Å². The zero-order chi connectivity index (χ0) is 12.3. The second-order valence-electron chi connectivity index (χ2n) is 3.78. The molecular formula is C14H16Cl2N2O. The summed E-state index contributed by atoms with van der Waals surface area (Å²) in [6.45, 7) is 1.98. The summed E-state index contributed by atoms with van der Waals surface area (Å²) >= 11 is 0. The minimum absolute atomic E-state index is 0. The van der Waals surface area contributed by atoms with Crippen LogP contribution in [0.5, 0.6) is 11.5 Å². The first-order valence-corrected chi connectivity index (χ1v) is 5.35. The van der Waals surface area contributed by atoms with Crippen LogP contribution >= 0.6 is 24.8 Å². The number of ether oxygens (including phenoxy) is 1. The van der Waals surface area contributed by atoms with Crippen molar-refractivity contribution in [2.75, 3.05) is 0 Å². The van der Waals surface area contributed by atoms with Crippen LogP contribution in [-0.2, 0) is 0 Å². The molecule has 0 radical (unpaired) electrons. The third kappa shape index (κ3) is 4.16. The van der Waals surface area contributed by atoms with E-state index < -0.39 is 0 Å². The van der Waals surface area contributed by atoms with Crippen molar-refractivity contribution >= 4 is 30.6 Å². The molecule has 2 rings (SSSR count).